The summed E-state index contributed by atoms with van der Waals surface area (Å²) in [5, 5.41) is 6.93. The summed E-state index contributed by atoms with van der Waals surface area (Å²) in [4.78, 5) is 7.13. The zero-order valence-electron chi connectivity index (χ0n) is 10.9. The van der Waals surface area contributed by atoms with Gasteiger partial charge in [0.1, 0.15) is 5.01 Å². The van der Waals surface area contributed by atoms with E-state index in [0.717, 1.165) is 38.8 Å². The standard InChI is InChI=1S/C13H21N3OS/c1-10-7-16(4-5-17-10)8-12-9-18-13(15-12)6-14-11-2-3-11/h9-11,14H,2-8H2,1H3. The molecule has 3 rings (SSSR count). The van der Waals surface area contributed by atoms with Crippen molar-refractivity contribution in [1.82, 2.24) is 15.2 Å². The van der Waals surface area contributed by atoms with Crippen LogP contribution in [0.4, 0.5) is 0 Å². The molecule has 2 aliphatic rings. The summed E-state index contributed by atoms with van der Waals surface area (Å²) in [5.74, 6) is 0. The van der Waals surface area contributed by atoms with E-state index in [1.807, 2.05) is 0 Å². The van der Waals surface area contributed by atoms with Crippen molar-refractivity contribution in [2.45, 2.75) is 45.0 Å². The second kappa shape index (κ2) is 5.65. The van der Waals surface area contributed by atoms with E-state index in [-0.39, 0.29) is 0 Å². The van der Waals surface area contributed by atoms with Crippen LogP contribution < -0.4 is 5.32 Å². The lowest BCUT2D eigenvalue weighted by atomic mass is 10.3. The molecule has 1 aliphatic heterocycles. The molecule has 4 nitrogen and oxygen atoms in total. The maximum atomic E-state index is 5.55. The average molecular weight is 267 g/mol. The Labute approximate surface area is 112 Å². The summed E-state index contributed by atoms with van der Waals surface area (Å²) in [7, 11) is 0. The van der Waals surface area contributed by atoms with Gasteiger partial charge in [-0.15, -0.1) is 11.3 Å². The Morgan fingerprint density at radius 1 is 1.56 bits per heavy atom. The summed E-state index contributed by atoms with van der Waals surface area (Å²) in [6, 6.07) is 0.762. The molecule has 1 saturated carbocycles. The van der Waals surface area contributed by atoms with Crippen LogP contribution in [-0.2, 0) is 17.8 Å². The van der Waals surface area contributed by atoms with Gasteiger partial charge in [-0.1, -0.05) is 0 Å². The maximum Gasteiger partial charge on any atom is 0.107 e. The van der Waals surface area contributed by atoms with E-state index in [2.05, 4.69) is 22.5 Å². The van der Waals surface area contributed by atoms with Gasteiger partial charge in [0, 0.05) is 37.6 Å². The number of thiazole rings is 1. The van der Waals surface area contributed by atoms with Gasteiger partial charge < -0.3 is 10.1 Å². The first kappa shape index (κ1) is 12.5. The first-order valence-electron chi connectivity index (χ1n) is 6.80. The Balaban J connectivity index is 1.49. The highest BCUT2D eigenvalue weighted by Crippen LogP contribution is 2.20. The first-order chi connectivity index (χ1) is 8.79. The van der Waals surface area contributed by atoms with E-state index in [1.165, 1.54) is 23.5 Å². The van der Waals surface area contributed by atoms with Gasteiger partial charge in [-0.05, 0) is 19.8 Å². The van der Waals surface area contributed by atoms with Gasteiger partial charge >= 0.3 is 0 Å². The highest BCUT2D eigenvalue weighted by molar-refractivity contribution is 7.09. The Morgan fingerprint density at radius 3 is 3.22 bits per heavy atom. The molecule has 1 aliphatic carbocycles. The number of aromatic nitrogens is 1. The molecule has 100 valence electrons. The Bertz CT molecular complexity index is 391. The third kappa shape index (κ3) is 3.51. The summed E-state index contributed by atoms with van der Waals surface area (Å²) in [6.45, 7) is 6.94. The number of morpholine rings is 1. The number of hydrogen-bond donors (Lipinski definition) is 1. The molecule has 5 heteroatoms. The predicted octanol–water partition coefficient (Wildman–Crippen LogP) is 1.62. The number of nitrogens with zero attached hydrogens (tertiary/aromatic N) is 2. The second-order valence-corrected chi connectivity index (χ2v) is 6.25. The van der Waals surface area contributed by atoms with Gasteiger partial charge in [-0.25, -0.2) is 4.98 Å². The number of ether oxygens (including phenoxy) is 1. The van der Waals surface area contributed by atoms with Crippen molar-refractivity contribution in [3.05, 3.63) is 16.1 Å². The molecular weight excluding hydrogens is 246 g/mol. The fraction of sp³-hybridized carbons (Fsp3) is 0.769. The number of nitrogens with one attached hydrogen (secondary N) is 1. The van der Waals surface area contributed by atoms with Crippen LogP contribution in [-0.4, -0.2) is 41.7 Å². The minimum atomic E-state index is 0.355. The smallest absolute Gasteiger partial charge is 0.107 e. The van der Waals surface area contributed by atoms with E-state index in [1.54, 1.807) is 11.3 Å². The lowest BCUT2D eigenvalue weighted by molar-refractivity contribution is -0.0215. The van der Waals surface area contributed by atoms with Gasteiger partial charge in [-0.3, -0.25) is 4.90 Å². The van der Waals surface area contributed by atoms with Gasteiger partial charge in [0.25, 0.3) is 0 Å². The minimum Gasteiger partial charge on any atom is -0.376 e. The highest BCUT2D eigenvalue weighted by atomic mass is 32.1. The van der Waals surface area contributed by atoms with Gasteiger partial charge in [0.15, 0.2) is 0 Å². The zero-order valence-corrected chi connectivity index (χ0v) is 11.7. The van der Waals surface area contributed by atoms with Crippen molar-refractivity contribution in [2.24, 2.45) is 0 Å². The van der Waals surface area contributed by atoms with E-state index >= 15 is 0 Å². The molecule has 1 atom stereocenters. The molecule has 1 aromatic rings. The third-order valence-corrected chi connectivity index (χ3v) is 4.33. The van der Waals surface area contributed by atoms with E-state index in [0.29, 0.717) is 6.10 Å². The molecule has 1 saturated heterocycles. The molecule has 0 bridgehead atoms. The summed E-state index contributed by atoms with van der Waals surface area (Å²) < 4.78 is 5.55. The lowest BCUT2D eigenvalue weighted by Crippen LogP contribution is -2.40. The highest BCUT2D eigenvalue weighted by Gasteiger charge is 2.21. The van der Waals surface area contributed by atoms with E-state index in [4.69, 9.17) is 9.72 Å². The van der Waals surface area contributed by atoms with Crippen molar-refractivity contribution in [2.75, 3.05) is 19.7 Å². The molecule has 1 unspecified atom stereocenters. The van der Waals surface area contributed by atoms with Gasteiger partial charge in [-0.2, -0.15) is 0 Å². The van der Waals surface area contributed by atoms with Gasteiger partial charge in [0.05, 0.1) is 18.4 Å². The molecule has 1 N–H and O–H groups in total. The topological polar surface area (TPSA) is 37.4 Å². The molecule has 0 amide bonds. The lowest BCUT2D eigenvalue weighted by Gasteiger charge is -2.30. The van der Waals surface area contributed by atoms with Gasteiger partial charge in [0.2, 0.25) is 0 Å². The fourth-order valence-electron chi connectivity index (χ4n) is 2.29. The molecular formula is C13H21N3OS. The van der Waals surface area contributed by atoms with Crippen LogP contribution >= 0.6 is 11.3 Å². The normalized spacial score (nSPS) is 25.5. The van der Waals surface area contributed by atoms with Crippen molar-refractivity contribution in [3.63, 3.8) is 0 Å². The largest absolute Gasteiger partial charge is 0.376 e. The predicted molar refractivity (Wildman–Crippen MR) is 72.7 cm³/mol. The Hall–Kier alpha value is -0.490. The minimum absolute atomic E-state index is 0.355. The first-order valence-corrected chi connectivity index (χ1v) is 7.68. The van der Waals surface area contributed by atoms with Crippen LogP contribution in [0.5, 0.6) is 0 Å². The molecule has 2 fully saturated rings. The Morgan fingerprint density at radius 2 is 2.44 bits per heavy atom. The summed E-state index contributed by atoms with van der Waals surface area (Å²) >= 11 is 1.78. The summed E-state index contributed by atoms with van der Waals surface area (Å²) in [5.41, 5.74) is 1.21. The molecule has 0 spiro atoms. The third-order valence-electron chi connectivity index (χ3n) is 3.43. The van der Waals surface area contributed by atoms with Crippen LogP contribution in [0.15, 0.2) is 5.38 Å². The molecule has 0 aromatic carbocycles. The average Bonchev–Trinajstić information content (AvgIpc) is 3.08. The van der Waals surface area contributed by atoms with Crippen molar-refractivity contribution < 1.29 is 4.74 Å². The number of rotatable bonds is 5. The van der Waals surface area contributed by atoms with Crippen molar-refractivity contribution in [1.29, 1.82) is 0 Å². The van der Waals surface area contributed by atoms with E-state index < -0.39 is 0 Å². The second-order valence-electron chi connectivity index (χ2n) is 5.30. The maximum absolute atomic E-state index is 5.55. The fourth-order valence-corrected chi connectivity index (χ4v) is 3.02. The molecule has 18 heavy (non-hydrogen) atoms. The monoisotopic (exact) mass is 267 g/mol. The van der Waals surface area contributed by atoms with Crippen LogP contribution in [0.2, 0.25) is 0 Å². The quantitative estimate of drug-likeness (QED) is 0.879. The SMILES string of the molecule is CC1CN(Cc2csc(CNC3CC3)n2)CCO1. The van der Waals surface area contributed by atoms with Crippen LogP contribution in [0.3, 0.4) is 0 Å². The molecule has 2 heterocycles. The van der Waals surface area contributed by atoms with Crippen molar-refractivity contribution in [3.8, 4) is 0 Å². The zero-order chi connectivity index (χ0) is 12.4. The molecule has 0 radical (unpaired) electrons. The van der Waals surface area contributed by atoms with Crippen LogP contribution in [0, 0.1) is 0 Å². The van der Waals surface area contributed by atoms with Crippen molar-refractivity contribution >= 4 is 11.3 Å². The number of hydrogen-bond acceptors (Lipinski definition) is 5. The molecule has 1 aromatic heterocycles. The Kier molecular flexibility index (Phi) is 3.94. The van der Waals surface area contributed by atoms with Crippen LogP contribution in [0.1, 0.15) is 30.5 Å². The summed E-state index contributed by atoms with van der Waals surface area (Å²) in [6.07, 6.45) is 3.03. The van der Waals surface area contributed by atoms with E-state index in [9.17, 15) is 0 Å². The van der Waals surface area contributed by atoms with Crippen LogP contribution in [0.25, 0.3) is 0 Å².